The monoisotopic (exact) mass is 223 g/mol. The first-order chi connectivity index (χ1) is 7.63. The number of carboxylic acids is 1. The van der Waals surface area contributed by atoms with Crippen LogP contribution >= 0.6 is 0 Å². The third kappa shape index (κ3) is 3.66. The van der Waals surface area contributed by atoms with Crippen LogP contribution in [0.5, 0.6) is 0 Å². The van der Waals surface area contributed by atoms with Crippen molar-refractivity contribution in [3.05, 3.63) is 29.8 Å². The van der Waals surface area contributed by atoms with Gasteiger partial charge in [0.25, 0.3) is 0 Å². The number of rotatable bonds is 5. The Labute approximate surface area is 92.8 Å². The van der Waals surface area contributed by atoms with Gasteiger partial charge in [0.2, 0.25) is 0 Å². The molecule has 0 heterocycles. The quantitative estimate of drug-likeness (QED) is 0.582. The molecule has 0 saturated carbocycles. The van der Waals surface area contributed by atoms with E-state index in [-0.39, 0.29) is 12.2 Å². The number of aliphatic hydroxyl groups is 1. The van der Waals surface area contributed by atoms with Gasteiger partial charge in [0.1, 0.15) is 0 Å². The molecule has 0 aromatic heterocycles. The van der Waals surface area contributed by atoms with Crippen LogP contribution in [0.15, 0.2) is 34.6 Å². The van der Waals surface area contributed by atoms with Crippen molar-refractivity contribution in [3.8, 4) is 0 Å². The number of hydrogen-bond donors (Lipinski definition) is 2. The molecule has 0 unspecified atom stereocenters. The molecule has 86 valence electrons. The Bertz CT molecular complexity index is 375. The molecule has 0 aliphatic carbocycles. The molecule has 0 saturated heterocycles. The zero-order valence-electron chi connectivity index (χ0n) is 8.87. The second-order valence-electron chi connectivity index (χ2n) is 3.15. The van der Waals surface area contributed by atoms with E-state index < -0.39 is 5.97 Å². The van der Waals surface area contributed by atoms with Crippen LogP contribution in [0.3, 0.4) is 0 Å². The summed E-state index contributed by atoms with van der Waals surface area (Å²) in [7, 11) is 1.69. The van der Waals surface area contributed by atoms with Gasteiger partial charge in [-0.25, -0.2) is 4.79 Å². The summed E-state index contributed by atoms with van der Waals surface area (Å²) in [5, 5.41) is 26.5. The van der Waals surface area contributed by atoms with Gasteiger partial charge >= 0.3 is 5.97 Å². The van der Waals surface area contributed by atoms with Crippen LogP contribution in [0.4, 0.5) is 5.69 Å². The summed E-state index contributed by atoms with van der Waals surface area (Å²) >= 11 is 0. The first-order valence-electron chi connectivity index (χ1n) is 4.70. The molecule has 0 atom stereocenters. The number of aliphatic hydroxyl groups excluding tert-OH is 1. The minimum absolute atomic E-state index is 0.00741. The van der Waals surface area contributed by atoms with Gasteiger partial charge in [0, 0.05) is 7.05 Å². The highest BCUT2D eigenvalue weighted by atomic mass is 16.4. The molecular formula is C10H13N3O3. The lowest BCUT2D eigenvalue weighted by Gasteiger charge is -2.07. The van der Waals surface area contributed by atoms with Crippen molar-refractivity contribution in [2.45, 2.75) is 0 Å². The number of carboxylic acid groups (broad SMARTS) is 1. The van der Waals surface area contributed by atoms with Gasteiger partial charge in [-0.3, -0.25) is 5.01 Å². The molecule has 1 aromatic carbocycles. The van der Waals surface area contributed by atoms with E-state index in [2.05, 4.69) is 10.3 Å². The van der Waals surface area contributed by atoms with Crippen molar-refractivity contribution in [3.63, 3.8) is 0 Å². The lowest BCUT2D eigenvalue weighted by Crippen LogP contribution is -2.14. The predicted molar refractivity (Wildman–Crippen MR) is 57.6 cm³/mol. The van der Waals surface area contributed by atoms with E-state index in [1.54, 1.807) is 19.2 Å². The minimum atomic E-state index is -0.971. The molecular weight excluding hydrogens is 210 g/mol. The Morgan fingerprint density at radius 3 is 2.50 bits per heavy atom. The number of benzene rings is 1. The molecule has 0 amide bonds. The second kappa shape index (κ2) is 5.82. The van der Waals surface area contributed by atoms with Gasteiger partial charge in [-0.05, 0) is 24.3 Å². The van der Waals surface area contributed by atoms with E-state index in [1.807, 2.05) is 0 Å². The van der Waals surface area contributed by atoms with E-state index in [4.69, 9.17) is 10.2 Å². The third-order valence-corrected chi connectivity index (χ3v) is 1.85. The summed E-state index contributed by atoms with van der Waals surface area (Å²) in [4.78, 5) is 10.6. The summed E-state index contributed by atoms with van der Waals surface area (Å²) in [6, 6.07) is 6.06. The normalized spacial score (nSPS) is 10.6. The average Bonchev–Trinajstić information content (AvgIpc) is 2.27. The Balaban J connectivity index is 2.64. The zero-order chi connectivity index (χ0) is 12.0. The molecule has 0 fully saturated rings. The Morgan fingerprint density at radius 1 is 1.38 bits per heavy atom. The Kier molecular flexibility index (Phi) is 4.41. The fourth-order valence-corrected chi connectivity index (χ4v) is 0.988. The molecule has 1 rings (SSSR count). The highest BCUT2D eigenvalue weighted by Gasteiger charge is 2.00. The van der Waals surface area contributed by atoms with Crippen LogP contribution in [-0.4, -0.2) is 41.4 Å². The molecule has 6 nitrogen and oxygen atoms in total. The number of likely N-dealkylation sites (N-methyl/N-ethyl adjacent to an activating group) is 1. The first-order valence-corrected chi connectivity index (χ1v) is 4.70. The fraction of sp³-hybridized carbons (Fsp3) is 0.300. The van der Waals surface area contributed by atoms with E-state index in [0.717, 1.165) is 0 Å². The van der Waals surface area contributed by atoms with Crippen LogP contribution in [0, 0.1) is 0 Å². The summed E-state index contributed by atoms with van der Waals surface area (Å²) in [6.45, 7) is 0.407. The van der Waals surface area contributed by atoms with Crippen molar-refractivity contribution in [2.75, 3.05) is 20.2 Å². The van der Waals surface area contributed by atoms with Gasteiger partial charge in [0.15, 0.2) is 0 Å². The molecule has 0 bridgehead atoms. The molecule has 6 heteroatoms. The number of nitrogens with zero attached hydrogens (tertiary/aromatic N) is 3. The number of carbonyl (C=O) groups is 1. The van der Waals surface area contributed by atoms with Crippen molar-refractivity contribution in [2.24, 2.45) is 10.3 Å². The minimum Gasteiger partial charge on any atom is -0.478 e. The van der Waals surface area contributed by atoms with Crippen molar-refractivity contribution >= 4 is 11.7 Å². The van der Waals surface area contributed by atoms with Gasteiger partial charge in [-0.2, -0.15) is 0 Å². The summed E-state index contributed by atoms with van der Waals surface area (Å²) in [5.74, 6) is -0.971. The zero-order valence-corrected chi connectivity index (χ0v) is 8.87. The molecule has 0 aliphatic rings. The lowest BCUT2D eigenvalue weighted by atomic mass is 10.2. The molecule has 0 spiro atoms. The second-order valence-corrected chi connectivity index (χ2v) is 3.15. The maximum Gasteiger partial charge on any atom is 0.335 e. The maximum absolute atomic E-state index is 10.6. The number of hydrogen-bond acceptors (Lipinski definition) is 4. The summed E-state index contributed by atoms with van der Waals surface area (Å²) in [5.41, 5.74) is 0.775. The molecule has 16 heavy (non-hydrogen) atoms. The van der Waals surface area contributed by atoms with Crippen molar-refractivity contribution < 1.29 is 15.0 Å². The van der Waals surface area contributed by atoms with E-state index in [9.17, 15) is 4.79 Å². The van der Waals surface area contributed by atoms with Crippen LogP contribution in [0.1, 0.15) is 10.4 Å². The molecule has 1 aromatic rings. The van der Waals surface area contributed by atoms with Crippen LogP contribution in [0.2, 0.25) is 0 Å². The number of aromatic carboxylic acids is 1. The van der Waals surface area contributed by atoms with Crippen LogP contribution < -0.4 is 0 Å². The average molecular weight is 223 g/mol. The van der Waals surface area contributed by atoms with E-state index in [0.29, 0.717) is 12.2 Å². The van der Waals surface area contributed by atoms with Gasteiger partial charge in [-0.1, -0.05) is 5.22 Å². The summed E-state index contributed by atoms with van der Waals surface area (Å²) in [6.07, 6.45) is 0. The molecule has 0 aliphatic heterocycles. The SMILES string of the molecule is CN(CCO)N=Nc1ccc(C(=O)O)cc1. The topological polar surface area (TPSA) is 85.5 Å². The Morgan fingerprint density at radius 2 is 2.00 bits per heavy atom. The maximum atomic E-state index is 10.6. The van der Waals surface area contributed by atoms with Gasteiger partial charge in [0.05, 0.1) is 24.4 Å². The van der Waals surface area contributed by atoms with Gasteiger partial charge < -0.3 is 10.2 Å². The lowest BCUT2D eigenvalue weighted by molar-refractivity contribution is 0.0697. The smallest absolute Gasteiger partial charge is 0.335 e. The van der Waals surface area contributed by atoms with Crippen LogP contribution in [0.25, 0.3) is 0 Å². The molecule has 2 N–H and O–H groups in total. The standard InChI is InChI=1S/C10H13N3O3/c1-13(6-7-14)12-11-9-4-2-8(3-5-9)10(15)16/h2-5,14H,6-7H2,1H3,(H,15,16). The fourth-order valence-electron chi connectivity index (χ4n) is 0.988. The van der Waals surface area contributed by atoms with Crippen molar-refractivity contribution in [1.82, 2.24) is 5.01 Å². The highest BCUT2D eigenvalue weighted by molar-refractivity contribution is 5.87. The summed E-state index contributed by atoms with van der Waals surface area (Å²) < 4.78 is 0. The first kappa shape index (κ1) is 12.1. The van der Waals surface area contributed by atoms with E-state index in [1.165, 1.54) is 17.1 Å². The third-order valence-electron chi connectivity index (χ3n) is 1.85. The largest absolute Gasteiger partial charge is 0.478 e. The van der Waals surface area contributed by atoms with Gasteiger partial charge in [-0.15, -0.1) is 5.11 Å². The Hall–Kier alpha value is -1.95. The van der Waals surface area contributed by atoms with Crippen LogP contribution in [-0.2, 0) is 0 Å². The van der Waals surface area contributed by atoms with Crippen molar-refractivity contribution in [1.29, 1.82) is 0 Å². The highest BCUT2D eigenvalue weighted by Crippen LogP contribution is 2.13. The molecule has 0 radical (unpaired) electrons. The predicted octanol–water partition coefficient (Wildman–Crippen LogP) is 1.31. The van der Waals surface area contributed by atoms with E-state index >= 15 is 0 Å².